The van der Waals surface area contributed by atoms with E-state index in [1.807, 2.05) is 0 Å². The molecule has 0 saturated heterocycles. The van der Waals surface area contributed by atoms with Crippen LogP contribution < -0.4 is 5.73 Å². The van der Waals surface area contributed by atoms with Crippen LogP contribution >= 0.6 is 23.2 Å². The smallest absolute Gasteiger partial charge is 0.390 e. The van der Waals surface area contributed by atoms with Crippen molar-refractivity contribution < 1.29 is 18.3 Å². The second-order valence-corrected chi connectivity index (χ2v) is 4.09. The molecule has 7 heteroatoms. The lowest BCUT2D eigenvalue weighted by molar-refractivity contribution is -0.138. The van der Waals surface area contributed by atoms with Crippen molar-refractivity contribution in [3.8, 4) is 5.75 Å². The van der Waals surface area contributed by atoms with Crippen molar-refractivity contribution in [3.63, 3.8) is 0 Å². The zero-order valence-electron chi connectivity index (χ0n) is 7.85. The lowest BCUT2D eigenvalue weighted by atomic mass is 10.0. The van der Waals surface area contributed by atoms with Gasteiger partial charge in [-0.3, -0.25) is 0 Å². The number of aromatic hydroxyl groups is 1. The molecule has 0 unspecified atom stereocenters. The molecule has 0 radical (unpaired) electrons. The number of hydrogen-bond donors (Lipinski definition) is 2. The molecule has 3 N–H and O–H groups in total. The van der Waals surface area contributed by atoms with Crippen LogP contribution in [0.25, 0.3) is 0 Å². The van der Waals surface area contributed by atoms with Crippen molar-refractivity contribution in [1.82, 2.24) is 0 Å². The van der Waals surface area contributed by atoms with Gasteiger partial charge in [-0.1, -0.05) is 23.2 Å². The van der Waals surface area contributed by atoms with Gasteiger partial charge in [0.2, 0.25) is 0 Å². The molecule has 0 aliphatic carbocycles. The topological polar surface area (TPSA) is 46.2 Å². The summed E-state index contributed by atoms with van der Waals surface area (Å²) in [5.41, 5.74) is 5.18. The van der Waals surface area contributed by atoms with Crippen molar-refractivity contribution in [3.05, 3.63) is 27.7 Å². The molecule has 0 saturated carbocycles. The first-order chi connectivity index (χ1) is 7.20. The van der Waals surface area contributed by atoms with Crippen LogP contribution in [0, 0.1) is 0 Å². The van der Waals surface area contributed by atoms with Gasteiger partial charge < -0.3 is 10.8 Å². The molecule has 1 rings (SSSR count). The Hall–Kier alpha value is -0.650. The Balaban J connectivity index is 3.04. The molecule has 1 aromatic carbocycles. The fraction of sp³-hybridized carbons (Fsp3) is 0.333. The number of hydrogen-bond acceptors (Lipinski definition) is 2. The van der Waals surface area contributed by atoms with Crippen LogP contribution in [0.4, 0.5) is 13.2 Å². The van der Waals surface area contributed by atoms with Crippen LogP contribution in [0.3, 0.4) is 0 Å². The number of rotatable bonds is 2. The molecular formula is C9H8Cl2F3NO. The summed E-state index contributed by atoms with van der Waals surface area (Å²) in [6.45, 7) is 0. The highest BCUT2D eigenvalue weighted by atomic mass is 35.5. The molecular weight excluding hydrogens is 266 g/mol. The van der Waals surface area contributed by atoms with Crippen molar-refractivity contribution in [2.24, 2.45) is 5.73 Å². The van der Waals surface area contributed by atoms with Crippen LogP contribution in [0.15, 0.2) is 12.1 Å². The molecule has 0 aromatic heterocycles. The Bertz CT molecular complexity index is 372. The summed E-state index contributed by atoms with van der Waals surface area (Å²) < 4.78 is 36.3. The van der Waals surface area contributed by atoms with E-state index in [1.54, 1.807) is 0 Å². The number of phenols is 1. The molecule has 0 amide bonds. The predicted molar refractivity (Wildman–Crippen MR) is 55.7 cm³/mol. The third-order valence-electron chi connectivity index (χ3n) is 1.89. The molecule has 0 spiro atoms. The van der Waals surface area contributed by atoms with Gasteiger partial charge in [0.05, 0.1) is 11.4 Å². The largest absolute Gasteiger partial charge is 0.508 e. The lowest BCUT2D eigenvalue weighted by Crippen LogP contribution is -2.20. The van der Waals surface area contributed by atoms with Gasteiger partial charge in [-0.2, -0.15) is 13.2 Å². The molecule has 0 fully saturated rings. The van der Waals surface area contributed by atoms with E-state index in [9.17, 15) is 18.3 Å². The Morgan fingerprint density at radius 3 is 2.31 bits per heavy atom. The first kappa shape index (κ1) is 13.4. The van der Waals surface area contributed by atoms with Crippen LogP contribution in [-0.2, 0) is 0 Å². The Morgan fingerprint density at radius 2 is 1.88 bits per heavy atom. The van der Waals surface area contributed by atoms with Gasteiger partial charge >= 0.3 is 6.18 Å². The molecule has 0 aliphatic rings. The molecule has 0 aliphatic heterocycles. The van der Waals surface area contributed by atoms with E-state index in [4.69, 9.17) is 28.9 Å². The average molecular weight is 274 g/mol. The minimum atomic E-state index is -4.42. The summed E-state index contributed by atoms with van der Waals surface area (Å²) in [6.07, 6.45) is -5.68. The van der Waals surface area contributed by atoms with E-state index in [0.29, 0.717) is 0 Å². The van der Waals surface area contributed by atoms with E-state index in [2.05, 4.69) is 0 Å². The van der Waals surface area contributed by atoms with Crippen molar-refractivity contribution in [1.29, 1.82) is 0 Å². The standard InChI is InChI=1S/C9H8Cl2F3NO/c10-4-1-5(11)8(7(16)2-4)6(15)3-9(12,13)14/h1-2,6,16H,3,15H2/t6-/m1/s1. The maximum Gasteiger partial charge on any atom is 0.390 e. The minimum absolute atomic E-state index is 0.0817. The Kier molecular flexibility index (Phi) is 3.93. The molecule has 16 heavy (non-hydrogen) atoms. The summed E-state index contributed by atoms with van der Waals surface area (Å²) >= 11 is 11.2. The zero-order chi connectivity index (χ0) is 12.5. The number of phenolic OH excluding ortho intramolecular Hbond substituents is 1. The van der Waals surface area contributed by atoms with Crippen LogP contribution in [0.1, 0.15) is 18.0 Å². The summed E-state index contributed by atoms with van der Waals surface area (Å²) in [7, 11) is 0. The van der Waals surface area contributed by atoms with Gasteiger partial charge in [0.25, 0.3) is 0 Å². The summed E-state index contributed by atoms with van der Waals surface area (Å²) in [5, 5.41) is 9.47. The van der Waals surface area contributed by atoms with Gasteiger partial charge in [0.15, 0.2) is 0 Å². The van der Waals surface area contributed by atoms with Crippen LogP contribution in [-0.4, -0.2) is 11.3 Å². The molecule has 0 heterocycles. The van der Waals surface area contributed by atoms with Gasteiger partial charge in [0, 0.05) is 16.6 Å². The van der Waals surface area contributed by atoms with Crippen molar-refractivity contribution in [2.45, 2.75) is 18.6 Å². The van der Waals surface area contributed by atoms with Crippen LogP contribution in [0.2, 0.25) is 10.0 Å². The minimum Gasteiger partial charge on any atom is -0.508 e. The van der Waals surface area contributed by atoms with Crippen molar-refractivity contribution in [2.75, 3.05) is 0 Å². The first-order valence-electron chi connectivity index (χ1n) is 4.21. The fourth-order valence-electron chi connectivity index (χ4n) is 1.29. The zero-order valence-corrected chi connectivity index (χ0v) is 9.37. The quantitative estimate of drug-likeness (QED) is 0.864. The van der Waals surface area contributed by atoms with E-state index >= 15 is 0 Å². The van der Waals surface area contributed by atoms with E-state index < -0.39 is 24.4 Å². The van der Waals surface area contributed by atoms with Gasteiger partial charge in [-0.15, -0.1) is 0 Å². The maximum atomic E-state index is 12.1. The molecule has 0 bridgehead atoms. The lowest BCUT2D eigenvalue weighted by Gasteiger charge is -2.17. The number of nitrogens with two attached hydrogens (primary N) is 1. The summed E-state index contributed by atoms with van der Waals surface area (Å²) in [6, 6.07) is 0.915. The third-order valence-corrected chi connectivity index (χ3v) is 2.43. The molecule has 90 valence electrons. The van der Waals surface area contributed by atoms with Gasteiger partial charge in [-0.05, 0) is 12.1 Å². The van der Waals surface area contributed by atoms with Crippen LogP contribution in [0.5, 0.6) is 5.75 Å². The van der Waals surface area contributed by atoms with Gasteiger partial charge in [0.1, 0.15) is 5.75 Å². The average Bonchev–Trinajstić information content (AvgIpc) is 1.96. The van der Waals surface area contributed by atoms with Crippen molar-refractivity contribution >= 4 is 23.2 Å². The summed E-state index contributed by atoms with van der Waals surface area (Å²) in [5.74, 6) is -0.436. The number of halogens is 5. The highest BCUT2D eigenvalue weighted by Crippen LogP contribution is 2.38. The monoisotopic (exact) mass is 273 g/mol. The highest BCUT2D eigenvalue weighted by Gasteiger charge is 2.32. The van der Waals surface area contributed by atoms with E-state index in [1.165, 1.54) is 6.07 Å². The molecule has 1 atom stereocenters. The molecule has 1 aromatic rings. The molecule has 2 nitrogen and oxygen atoms in total. The van der Waals surface area contributed by atoms with E-state index in [0.717, 1.165) is 6.07 Å². The number of alkyl halides is 3. The Morgan fingerprint density at radius 1 is 1.31 bits per heavy atom. The van der Waals surface area contributed by atoms with E-state index in [-0.39, 0.29) is 15.6 Å². The summed E-state index contributed by atoms with van der Waals surface area (Å²) in [4.78, 5) is 0. The Labute approximate surface area is 99.8 Å². The highest BCUT2D eigenvalue weighted by molar-refractivity contribution is 6.35. The fourth-order valence-corrected chi connectivity index (χ4v) is 1.91. The maximum absolute atomic E-state index is 12.1. The van der Waals surface area contributed by atoms with Gasteiger partial charge in [-0.25, -0.2) is 0 Å². The normalized spacial score (nSPS) is 13.9. The second-order valence-electron chi connectivity index (χ2n) is 3.25. The second kappa shape index (κ2) is 4.69. The predicted octanol–water partition coefficient (Wildman–Crippen LogP) is 3.65. The third kappa shape index (κ3) is 3.43. The first-order valence-corrected chi connectivity index (χ1v) is 4.96. The SMILES string of the molecule is N[C@H](CC(F)(F)F)c1c(O)cc(Cl)cc1Cl. The number of benzene rings is 1.